The molecule has 9 nitrogen and oxygen atoms in total. The van der Waals surface area contributed by atoms with E-state index in [2.05, 4.69) is 98.9 Å². The topological polar surface area (TPSA) is 111 Å². The third-order valence-electron chi connectivity index (χ3n) is 15.9. The molecule has 0 aromatic carbocycles. The predicted molar refractivity (Wildman–Crippen MR) is 369 cm³/mol. The SMILES string of the molecule is CC/C=C\C/C=C\C/C=C\C/C=C\C/C=C\C/C=C\C/C=C\CCCCCCCCCC(=O)OC(COC(=O)CCCCCCCCCCCCCCCCCCCCCCCCCCCCCCCCCCC)COP(=O)([O-])OCC[N+](C)(C)C. The molecule has 0 rings (SSSR count). The van der Waals surface area contributed by atoms with Gasteiger partial charge in [0.1, 0.15) is 19.8 Å². The van der Waals surface area contributed by atoms with Crippen LogP contribution in [0.3, 0.4) is 0 Å². The van der Waals surface area contributed by atoms with E-state index in [1.165, 1.54) is 212 Å². The minimum absolute atomic E-state index is 0.0355. The van der Waals surface area contributed by atoms with Crippen LogP contribution in [0.5, 0.6) is 0 Å². The second-order valence-electron chi connectivity index (χ2n) is 25.6. The van der Waals surface area contributed by atoms with Gasteiger partial charge in [0.25, 0.3) is 7.82 Å². The number of rotatable bonds is 67. The molecule has 0 aliphatic heterocycles. The molecule has 0 aromatic heterocycles. The van der Waals surface area contributed by atoms with Crippen molar-refractivity contribution in [3.63, 3.8) is 0 Å². The number of carbonyl (C=O) groups excluding carboxylic acids is 2. The van der Waals surface area contributed by atoms with Crippen LogP contribution in [0.1, 0.15) is 335 Å². The van der Waals surface area contributed by atoms with Crippen LogP contribution >= 0.6 is 7.82 Å². The van der Waals surface area contributed by atoms with Crippen LogP contribution in [0.25, 0.3) is 0 Å². The highest BCUT2D eigenvalue weighted by atomic mass is 31.2. The molecule has 0 aliphatic carbocycles. The van der Waals surface area contributed by atoms with Gasteiger partial charge >= 0.3 is 11.9 Å². The fourth-order valence-corrected chi connectivity index (χ4v) is 11.1. The van der Waals surface area contributed by atoms with Crippen LogP contribution in [-0.4, -0.2) is 70.0 Å². The van der Waals surface area contributed by atoms with Crippen LogP contribution in [0, 0.1) is 0 Å². The fraction of sp³-hybridized carbons (Fsp3) is 0.789. The van der Waals surface area contributed by atoms with Crippen molar-refractivity contribution in [1.29, 1.82) is 0 Å². The number of esters is 2. The Kier molecular flexibility index (Phi) is 64.4. The highest BCUT2D eigenvalue weighted by Crippen LogP contribution is 2.38. The number of phosphoric acid groups is 1. The van der Waals surface area contributed by atoms with E-state index in [0.29, 0.717) is 17.4 Å². The Bertz CT molecular complexity index is 1730. The number of carbonyl (C=O) groups is 2. The van der Waals surface area contributed by atoms with Crippen molar-refractivity contribution in [1.82, 2.24) is 0 Å². The van der Waals surface area contributed by atoms with Gasteiger partial charge in [-0.05, 0) is 70.6 Å². The summed E-state index contributed by atoms with van der Waals surface area (Å²) >= 11 is 0. The van der Waals surface area contributed by atoms with E-state index in [1.54, 1.807) is 0 Å². The lowest BCUT2D eigenvalue weighted by molar-refractivity contribution is -0.870. The molecular weight excluding hydrogens is 1090 g/mol. The summed E-state index contributed by atoms with van der Waals surface area (Å²) in [6.45, 7) is 4.16. The van der Waals surface area contributed by atoms with Crippen molar-refractivity contribution in [3.8, 4) is 0 Å². The lowest BCUT2D eigenvalue weighted by atomic mass is 10.0. The van der Waals surface area contributed by atoms with E-state index < -0.39 is 26.5 Å². The molecule has 0 bridgehead atoms. The van der Waals surface area contributed by atoms with Crippen LogP contribution < -0.4 is 4.89 Å². The molecule has 0 aliphatic rings. The minimum Gasteiger partial charge on any atom is -0.756 e. The van der Waals surface area contributed by atoms with E-state index in [4.69, 9.17) is 18.5 Å². The fourth-order valence-electron chi connectivity index (χ4n) is 10.4. The Labute approximate surface area is 532 Å². The van der Waals surface area contributed by atoms with Gasteiger partial charge in [0, 0.05) is 12.8 Å². The second kappa shape index (κ2) is 66.6. The predicted octanol–water partition coefficient (Wildman–Crippen LogP) is 23.1. The summed E-state index contributed by atoms with van der Waals surface area (Å²) in [5.74, 6) is -0.836. The quantitative estimate of drug-likeness (QED) is 0.0195. The summed E-state index contributed by atoms with van der Waals surface area (Å²) in [6, 6.07) is 0. The number of allylic oxidation sites excluding steroid dienone is 14. The first-order valence-corrected chi connectivity index (χ1v) is 37.8. The standard InChI is InChI=1S/C76H138NO8P/c1-6-8-10-12-14-16-18-20-22-24-26-28-30-32-34-36-37-38-39-41-42-44-46-48-50-52-54-56-58-60-62-64-66-68-75(78)82-72-74(73-84-86(80,81)83-71-70-77(3,4)5)85-76(79)69-67-65-63-61-59-57-55-53-51-49-47-45-43-40-35-33-31-29-27-25-23-21-19-17-15-13-11-9-7-2/h9,11,15,17,21,23,27,29,33,35,43,45,49,51,74H,6-8,10,12-14,16,18-20,22,24-26,28,30-32,34,36-42,44,46-48,50,52-73H2,1-5H3/b11-9-,17-15-,23-21-,29-27-,35-33-,45-43-,51-49-. The van der Waals surface area contributed by atoms with E-state index in [0.717, 1.165) is 89.9 Å². The Balaban J connectivity index is 4.03. The Morgan fingerprint density at radius 3 is 0.988 bits per heavy atom. The van der Waals surface area contributed by atoms with Crippen LogP contribution in [-0.2, 0) is 32.7 Å². The molecule has 0 heterocycles. The summed E-state index contributed by atoms with van der Waals surface area (Å²) < 4.78 is 34.3. The molecule has 2 atom stereocenters. The Morgan fingerprint density at radius 1 is 0.372 bits per heavy atom. The highest BCUT2D eigenvalue weighted by molar-refractivity contribution is 7.45. The molecule has 0 amide bonds. The normalized spacial score (nSPS) is 13.6. The zero-order valence-corrected chi connectivity index (χ0v) is 57.9. The zero-order chi connectivity index (χ0) is 62.6. The van der Waals surface area contributed by atoms with Crippen LogP contribution in [0.4, 0.5) is 0 Å². The van der Waals surface area contributed by atoms with Gasteiger partial charge in [0.05, 0.1) is 27.7 Å². The lowest BCUT2D eigenvalue weighted by Crippen LogP contribution is -2.37. The number of hydrogen-bond donors (Lipinski definition) is 0. The molecule has 0 radical (unpaired) electrons. The molecule has 86 heavy (non-hydrogen) atoms. The van der Waals surface area contributed by atoms with Gasteiger partial charge < -0.3 is 27.9 Å². The van der Waals surface area contributed by atoms with Crippen molar-refractivity contribution in [2.45, 2.75) is 341 Å². The summed E-state index contributed by atoms with van der Waals surface area (Å²) in [5.41, 5.74) is 0. The molecule has 10 heteroatoms. The Morgan fingerprint density at radius 2 is 0.663 bits per heavy atom. The largest absolute Gasteiger partial charge is 0.756 e. The third-order valence-corrected chi connectivity index (χ3v) is 16.9. The van der Waals surface area contributed by atoms with E-state index in [-0.39, 0.29) is 32.0 Å². The first-order chi connectivity index (χ1) is 42.0. The van der Waals surface area contributed by atoms with Gasteiger partial charge in [-0.2, -0.15) is 0 Å². The summed E-state index contributed by atoms with van der Waals surface area (Å²) in [6.07, 6.45) is 91.1. The average molecular weight is 1220 g/mol. The van der Waals surface area contributed by atoms with Gasteiger partial charge in [0.2, 0.25) is 0 Å². The maximum Gasteiger partial charge on any atom is 0.306 e. The summed E-state index contributed by atoms with van der Waals surface area (Å²) in [4.78, 5) is 38.1. The molecule has 0 fully saturated rings. The van der Waals surface area contributed by atoms with Crippen LogP contribution in [0.15, 0.2) is 85.1 Å². The van der Waals surface area contributed by atoms with Crippen LogP contribution in [0.2, 0.25) is 0 Å². The van der Waals surface area contributed by atoms with E-state index in [1.807, 2.05) is 21.1 Å². The van der Waals surface area contributed by atoms with Crippen molar-refractivity contribution < 1.29 is 42.1 Å². The highest BCUT2D eigenvalue weighted by Gasteiger charge is 2.22. The number of ether oxygens (including phenoxy) is 2. The molecule has 0 N–H and O–H groups in total. The first kappa shape index (κ1) is 83.2. The van der Waals surface area contributed by atoms with E-state index in [9.17, 15) is 19.0 Å². The van der Waals surface area contributed by atoms with Gasteiger partial charge in [-0.25, -0.2) is 0 Å². The monoisotopic (exact) mass is 1220 g/mol. The zero-order valence-electron chi connectivity index (χ0n) is 57.0. The molecular formula is C76H138NO8P. The lowest BCUT2D eigenvalue weighted by Gasteiger charge is -2.28. The van der Waals surface area contributed by atoms with Crippen molar-refractivity contribution in [3.05, 3.63) is 85.1 Å². The molecule has 2 unspecified atom stereocenters. The molecule has 0 saturated heterocycles. The average Bonchev–Trinajstić information content (AvgIpc) is 3.67. The summed E-state index contributed by atoms with van der Waals surface area (Å²) in [7, 11) is 1.16. The van der Waals surface area contributed by atoms with Gasteiger partial charge in [-0.3, -0.25) is 14.2 Å². The first-order valence-electron chi connectivity index (χ1n) is 36.3. The second-order valence-corrected chi connectivity index (χ2v) is 27.0. The smallest absolute Gasteiger partial charge is 0.306 e. The van der Waals surface area contributed by atoms with E-state index >= 15 is 0 Å². The minimum atomic E-state index is -4.65. The maximum absolute atomic E-state index is 12.9. The molecule has 0 spiro atoms. The number of unbranched alkanes of at least 4 members (excludes halogenated alkanes) is 39. The van der Waals surface area contributed by atoms with Gasteiger partial charge in [0.15, 0.2) is 6.10 Å². The van der Waals surface area contributed by atoms with Crippen molar-refractivity contribution in [2.75, 3.05) is 47.5 Å². The number of quaternary nitrogens is 1. The van der Waals surface area contributed by atoms with Crippen molar-refractivity contribution >= 4 is 19.8 Å². The maximum atomic E-state index is 12.9. The Hall–Kier alpha value is -2.81. The molecule has 0 aromatic rings. The van der Waals surface area contributed by atoms with Gasteiger partial charge in [-0.15, -0.1) is 0 Å². The third kappa shape index (κ3) is 70.3. The summed E-state index contributed by atoms with van der Waals surface area (Å²) in [5, 5.41) is 0. The molecule has 500 valence electrons. The molecule has 0 saturated carbocycles. The number of phosphoric ester groups is 1. The number of likely N-dealkylation sites (N-methyl/N-ethyl adjacent to an activating group) is 1. The number of hydrogen-bond acceptors (Lipinski definition) is 8. The number of nitrogens with zero attached hydrogens (tertiary/aromatic N) is 1. The van der Waals surface area contributed by atoms with Crippen molar-refractivity contribution in [2.24, 2.45) is 0 Å². The van der Waals surface area contributed by atoms with Gasteiger partial charge in [-0.1, -0.05) is 336 Å².